The number of ether oxygens (including phenoxy) is 2. The molecule has 0 aliphatic carbocycles. The molecule has 0 aromatic heterocycles. The number of esters is 2. The van der Waals surface area contributed by atoms with Crippen molar-refractivity contribution in [3.8, 4) is 0 Å². The first kappa shape index (κ1) is 54.9. The van der Waals surface area contributed by atoms with E-state index < -0.39 is 33.7 Å². The standard InChI is InChI=1S/C44H86O7S.Na/c1-3-5-7-9-11-13-15-17-19-21-23-25-27-29-31-33-35-37-39-50-43(45)41-42(52(47,48)49)44(46)51-40-38-36-34-32-30-28-26-24-22-20-18-16-14-12-10-8-6-4-2;/h42H,3-41H2,1-2H3,(H,47,48,49);/q;+1/p-1. The second-order valence-corrected chi connectivity index (χ2v) is 17.1. The van der Waals surface area contributed by atoms with Crippen LogP contribution < -0.4 is 29.6 Å². The minimum Gasteiger partial charge on any atom is -0.747 e. The molecule has 0 aliphatic rings. The van der Waals surface area contributed by atoms with Gasteiger partial charge in [0.05, 0.1) is 19.6 Å². The molecule has 0 amide bonds. The van der Waals surface area contributed by atoms with E-state index in [0.717, 1.165) is 38.5 Å². The Morgan fingerprint density at radius 3 is 0.887 bits per heavy atom. The van der Waals surface area contributed by atoms with Crippen molar-refractivity contribution in [3.63, 3.8) is 0 Å². The number of hydrogen-bond acceptors (Lipinski definition) is 7. The average molecular weight is 781 g/mol. The first-order valence-corrected chi connectivity index (χ1v) is 24.1. The van der Waals surface area contributed by atoms with Crippen LogP contribution in [0.1, 0.15) is 251 Å². The number of carbonyl (C=O) groups excluding carboxylic acids is 2. The van der Waals surface area contributed by atoms with Gasteiger partial charge in [0.25, 0.3) is 0 Å². The van der Waals surface area contributed by atoms with E-state index in [9.17, 15) is 22.6 Å². The Balaban J connectivity index is 0. The van der Waals surface area contributed by atoms with Gasteiger partial charge in [0.2, 0.25) is 0 Å². The van der Waals surface area contributed by atoms with Crippen LogP contribution in [-0.2, 0) is 29.2 Å². The van der Waals surface area contributed by atoms with E-state index >= 15 is 0 Å². The summed E-state index contributed by atoms with van der Waals surface area (Å²) in [6.07, 6.45) is 44.5. The van der Waals surface area contributed by atoms with Crippen LogP contribution in [0.15, 0.2) is 0 Å². The molecular weight excluding hydrogens is 696 g/mol. The van der Waals surface area contributed by atoms with Gasteiger partial charge in [-0.05, 0) is 12.8 Å². The summed E-state index contributed by atoms with van der Waals surface area (Å²) in [4.78, 5) is 24.6. The van der Waals surface area contributed by atoms with Crippen LogP contribution >= 0.6 is 0 Å². The van der Waals surface area contributed by atoms with Crippen LogP contribution in [0.4, 0.5) is 0 Å². The van der Waals surface area contributed by atoms with Crippen LogP contribution in [0, 0.1) is 0 Å². The Kier molecular flexibility index (Phi) is 44.6. The third kappa shape index (κ3) is 41.3. The van der Waals surface area contributed by atoms with Crippen molar-refractivity contribution >= 4 is 22.1 Å². The Bertz CT molecular complexity index is 883. The summed E-state index contributed by atoms with van der Waals surface area (Å²) in [5, 5.41) is -2.05. The van der Waals surface area contributed by atoms with Crippen LogP contribution in [0.5, 0.6) is 0 Å². The second-order valence-electron chi connectivity index (χ2n) is 15.6. The van der Waals surface area contributed by atoms with Gasteiger partial charge in [0.15, 0.2) is 5.25 Å². The fraction of sp³-hybridized carbons (Fsp3) is 0.955. The molecule has 7 nitrogen and oxygen atoms in total. The molecule has 1 unspecified atom stereocenters. The molecule has 0 aromatic rings. The van der Waals surface area contributed by atoms with Gasteiger partial charge < -0.3 is 14.0 Å². The molecule has 0 saturated carbocycles. The van der Waals surface area contributed by atoms with Gasteiger partial charge in [-0.3, -0.25) is 9.59 Å². The fourth-order valence-corrected chi connectivity index (χ4v) is 7.62. The second kappa shape index (κ2) is 43.0. The summed E-state index contributed by atoms with van der Waals surface area (Å²) in [6.45, 7) is 4.75. The van der Waals surface area contributed by atoms with E-state index in [1.807, 2.05) is 0 Å². The van der Waals surface area contributed by atoms with Crippen molar-refractivity contribution in [1.29, 1.82) is 0 Å². The minimum absolute atomic E-state index is 0. The van der Waals surface area contributed by atoms with Gasteiger partial charge in [0, 0.05) is 0 Å². The van der Waals surface area contributed by atoms with E-state index in [1.54, 1.807) is 0 Å². The Morgan fingerprint density at radius 1 is 0.415 bits per heavy atom. The van der Waals surface area contributed by atoms with Crippen LogP contribution in [0.2, 0.25) is 0 Å². The summed E-state index contributed by atoms with van der Waals surface area (Å²) in [7, 11) is -5.02. The molecule has 53 heavy (non-hydrogen) atoms. The Labute approximate surface area is 351 Å². The minimum atomic E-state index is -5.02. The monoisotopic (exact) mass is 781 g/mol. The number of rotatable bonds is 42. The zero-order valence-electron chi connectivity index (χ0n) is 35.4. The molecule has 1 atom stereocenters. The first-order chi connectivity index (χ1) is 25.3. The number of unbranched alkanes of at least 4 members (excludes halogenated alkanes) is 34. The van der Waals surface area contributed by atoms with Crippen molar-refractivity contribution in [2.45, 2.75) is 257 Å². The first-order valence-electron chi connectivity index (χ1n) is 22.6. The van der Waals surface area contributed by atoms with E-state index in [0.29, 0.717) is 12.8 Å². The Morgan fingerprint density at radius 2 is 0.642 bits per heavy atom. The molecule has 0 saturated heterocycles. The molecule has 0 aliphatic heterocycles. The smallest absolute Gasteiger partial charge is 0.747 e. The van der Waals surface area contributed by atoms with Crippen molar-refractivity contribution in [2.24, 2.45) is 0 Å². The molecule has 0 heterocycles. The predicted octanol–water partition coefficient (Wildman–Crippen LogP) is 10.5. The molecule has 0 rings (SSSR count). The summed E-state index contributed by atoms with van der Waals surface area (Å²) < 4.78 is 45.3. The van der Waals surface area contributed by atoms with Crippen molar-refractivity contribution in [3.05, 3.63) is 0 Å². The van der Waals surface area contributed by atoms with E-state index in [-0.39, 0.29) is 42.8 Å². The summed E-state index contributed by atoms with van der Waals surface area (Å²) in [6, 6.07) is 0. The van der Waals surface area contributed by atoms with Gasteiger partial charge >= 0.3 is 41.5 Å². The van der Waals surface area contributed by atoms with Crippen LogP contribution in [0.25, 0.3) is 0 Å². The zero-order chi connectivity index (χ0) is 38.2. The molecule has 310 valence electrons. The normalized spacial score (nSPS) is 12.1. The van der Waals surface area contributed by atoms with Crippen molar-refractivity contribution in [1.82, 2.24) is 0 Å². The molecule has 0 spiro atoms. The topological polar surface area (TPSA) is 110 Å². The molecule has 0 bridgehead atoms. The quantitative estimate of drug-likeness (QED) is 0.0262. The van der Waals surface area contributed by atoms with Gasteiger partial charge in [-0.2, -0.15) is 0 Å². The summed E-state index contributed by atoms with van der Waals surface area (Å²) in [5.41, 5.74) is 0. The molecular formula is C44H85NaO7S. The fourth-order valence-electron chi connectivity index (χ4n) is 6.97. The number of hydrogen-bond donors (Lipinski definition) is 0. The van der Waals surface area contributed by atoms with E-state index in [4.69, 9.17) is 9.47 Å². The zero-order valence-corrected chi connectivity index (χ0v) is 38.2. The van der Waals surface area contributed by atoms with Gasteiger partial charge in [0.1, 0.15) is 10.1 Å². The van der Waals surface area contributed by atoms with Gasteiger partial charge in [-0.1, -0.05) is 232 Å². The Hall–Kier alpha value is -0.150. The van der Waals surface area contributed by atoms with Crippen LogP contribution in [-0.4, -0.2) is 43.4 Å². The average Bonchev–Trinajstić information content (AvgIpc) is 3.12. The molecule has 0 N–H and O–H groups in total. The molecule has 0 aromatic carbocycles. The maximum absolute atomic E-state index is 12.3. The molecule has 9 heteroatoms. The van der Waals surface area contributed by atoms with Gasteiger partial charge in [-0.25, -0.2) is 8.42 Å². The van der Waals surface area contributed by atoms with E-state index in [1.165, 1.54) is 180 Å². The largest absolute Gasteiger partial charge is 1.00 e. The third-order valence-electron chi connectivity index (χ3n) is 10.5. The SMILES string of the molecule is CCCCCCCCCCCCCCCCCCCCOC(=O)CC(C(=O)OCCCCCCCCCCCCCCCCCCCC)S(=O)(=O)[O-].[Na+]. The maximum Gasteiger partial charge on any atom is 1.00 e. The van der Waals surface area contributed by atoms with Crippen LogP contribution in [0.3, 0.4) is 0 Å². The van der Waals surface area contributed by atoms with Crippen molar-refractivity contribution < 1.29 is 61.6 Å². The third-order valence-corrected chi connectivity index (χ3v) is 11.5. The number of carbonyl (C=O) groups is 2. The predicted molar refractivity (Wildman–Crippen MR) is 218 cm³/mol. The van der Waals surface area contributed by atoms with Gasteiger partial charge in [-0.15, -0.1) is 0 Å². The summed E-state index contributed by atoms with van der Waals surface area (Å²) >= 11 is 0. The molecule has 0 fully saturated rings. The summed E-state index contributed by atoms with van der Waals surface area (Å²) in [5.74, 6) is -1.99. The molecule has 0 radical (unpaired) electrons. The van der Waals surface area contributed by atoms with Crippen molar-refractivity contribution in [2.75, 3.05) is 13.2 Å². The maximum atomic E-state index is 12.3. The van der Waals surface area contributed by atoms with E-state index in [2.05, 4.69) is 13.8 Å².